The molecule has 2 aliphatic heterocycles. The first kappa shape index (κ1) is 25.0. The molecule has 8 nitrogen and oxygen atoms in total. The van der Waals surface area contributed by atoms with Crippen molar-refractivity contribution in [2.24, 2.45) is 0 Å². The van der Waals surface area contributed by atoms with Gasteiger partial charge in [-0.1, -0.05) is 29.3 Å². The van der Waals surface area contributed by atoms with Crippen LogP contribution in [0, 0.1) is 13.8 Å². The molecule has 4 rings (SSSR count). The summed E-state index contributed by atoms with van der Waals surface area (Å²) in [5.41, 5.74) is 3.89. The van der Waals surface area contributed by atoms with Gasteiger partial charge in [0.1, 0.15) is 6.04 Å². The summed E-state index contributed by atoms with van der Waals surface area (Å²) < 4.78 is 0. The zero-order valence-corrected chi connectivity index (χ0v) is 21.0. The van der Waals surface area contributed by atoms with Gasteiger partial charge < -0.3 is 20.4 Å². The normalized spacial score (nSPS) is 18.8. The van der Waals surface area contributed by atoms with E-state index < -0.39 is 6.04 Å². The Hall–Kier alpha value is -3.10. The minimum absolute atomic E-state index is 0.0742. The molecule has 3 amide bonds. The smallest absolute Gasteiger partial charge is 0.243 e. The van der Waals surface area contributed by atoms with Gasteiger partial charge in [-0.05, 0) is 49.7 Å². The summed E-state index contributed by atoms with van der Waals surface area (Å²) in [4.78, 5) is 44.5. The van der Waals surface area contributed by atoms with Crippen molar-refractivity contribution in [3.8, 4) is 0 Å². The van der Waals surface area contributed by atoms with Gasteiger partial charge in [-0.2, -0.15) is 0 Å². The summed E-state index contributed by atoms with van der Waals surface area (Å²) in [7, 11) is 0. The fourth-order valence-electron chi connectivity index (χ4n) is 4.65. The predicted octanol–water partition coefficient (Wildman–Crippen LogP) is 2.43. The lowest BCUT2D eigenvalue weighted by molar-refractivity contribution is -0.145. The average Bonchev–Trinajstić information content (AvgIpc) is 2.83. The molecule has 2 saturated heterocycles. The van der Waals surface area contributed by atoms with Gasteiger partial charge in [-0.15, -0.1) is 0 Å². The van der Waals surface area contributed by atoms with Gasteiger partial charge in [0.15, 0.2) is 0 Å². The van der Waals surface area contributed by atoms with E-state index in [1.807, 2.05) is 56.3 Å². The molecule has 0 saturated carbocycles. The summed E-state index contributed by atoms with van der Waals surface area (Å²) >= 11 is 5.99. The Labute approximate surface area is 211 Å². The molecular weight excluding hydrogens is 466 g/mol. The van der Waals surface area contributed by atoms with E-state index in [0.29, 0.717) is 23.8 Å². The van der Waals surface area contributed by atoms with E-state index in [1.165, 1.54) is 0 Å². The molecule has 2 aromatic rings. The Kier molecular flexibility index (Phi) is 7.93. The highest BCUT2D eigenvalue weighted by Crippen LogP contribution is 2.20. The lowest BCUT2D eigenvalue weighted by atomic mass is 10.1. The molecule has 2 aliphatic rings. The molecule has 2 fully saturated rings. The molecule has 0 aliphatic carbocycles. The first-order valence-corrected chi connectivity index (χ1v) is 12.3. The van der Waals surface area contributed by atoms with Crippen molar-refractivity contribution in [3.63, 3.8) is 0 Å². The van der Waals surface area contributed by atoms with Crippen LogP contribution in [0.4, 0.5) is 11.4 Å². The lowest BCUT2D eigenvalue weighted by Gasteiger charge is -2.39. The summed E-state index contributed by atoms with van der Waals surface area (Å²) in [6.45, 7) is 8.04. The molecule has 0 aromatic heterocycles. The van der Waals surface area contributed by atoms with Crippen LogP contribution >= 0.6 is 11.6 Å². The minimum Gasteiger partial charge on any atom is -0.369 e. The Morgan fingerprint density at radius 2 is 1.74 bits per heavy atom. The number of carbonyl (C=O) groups excluding carboxylic acids is 3. The summed E-state index contributed by atoms with van der Waals surface area (Å²) in [6.07, 6.45) is -0.0742. The predicted molar refractivity (Wildman–Crippen MR) is 138 cm³/mol. The maximum Gasteiger partial charge on any atom is 0.243 e. The highest BCUT2D eigenvalue weighted by molar-refractivity contribution is 6.30. The van der Waals surface area contributed by atoms with E-state index in [4.69, 9.17) is 11.6 Å². The number of aryl methyl sites for hydroxylation is 2. The maximum absolute atomic E-state index is 13.2. The number of hydrogen-bond acceptors (Lipinski definition) is 5. The average molecular weight is 498 g/mol. The third kappa shape index (κ3) is 6.32. The van der Waals surface area contributed by atoms with Crippen molar-refractivity contribution in [1.82, 2.24) is 15.1 Å². The molecule has 2 N–H and O–H groups in total. The van der Waals surface area contributed by atoms with Gasteiger partial charge in [0.2, 0.25) is 17.7 Å². The number of nitrogens with zero attached hydrogens (tertiary/aromatic N) is 3. The molecule has 186 valence electrons. The Morgan fingerprint density at radius 3 is 2.43 bits per heavy atom. The van der Waals surface area contributed by atoms with Gasteiger partial charge in [-0.3, -0.25) is 19.3 Å². The molecule has 0 radical (unpaired) electrons. The van der Waals surface area contributed by atoms with Crippen molar-refractivity contribution in [3.05, 3.63) is 58.6 Å². The van der Waals surface area contributed by atoms with Crippen LogP contribution in [0.25, 0.3) is 0 Å². The van der Waals surface area contributed by atoms with Crippen molar-refractivity contribution < 1.29 is 14.4 Å². The van der Waals surface area contributed by atoms with Gasteiger partial charge in [0.05, 0.1) is 13.0 Å². The molecule has 9 heteroatoms. The van der Waals surface area contributed by atoms with E-state index in [0.717, 1.165) is 43.0 Å². The summed E-state index contributed by atoms with van der Waals surface area (Å²) in [6, 6.07) is 12.7. The summed E-state index contributed by atoms with van der Waals surface area (Å²) in [5, 5.41) is 6.39. The molecule has 1 atom stereocenters. The van der Waals surface area contributed by atoms with Crippen molar-refractivity contribution in [2.75, 3.05) is 56.0 Å². The van der Waals surface area contributed by atoms with Crippen LogP contribution in [-0.2, 0) is 14.4 Å². The lowest BCUT2D eigenvalue weighted by Crippen LogP contribution is -2.60. The summed E-state index contributed by atoms with van der Waals surface area (Å²) in [5.74, 6) is -0.689. The topological polar surface area (TPSA) is 85.0 Å². The monoisotopic (exact) mass is 497 g/mol. The number of rotatable bonds is 6. The van der Waals surface area contributed by atoms with Crippen LogP contribution in [0.15, 0.2) is 42.5 Å². The number of benzene rings is 2. The van der Waals surface area contributed by atoms with Crippen LogP contribution in [0.3, 0.4) is 0 Å². The van der Waals surface area contributed by atoms with Gasteiger partial charge in [0.25, 0.3) is 0 Å². The molecule has 0 spiro atoms. The molecule has 0 bridgehead atoms. The number of amides is 3. The fourth-order valence-corrected chi connectivity index (χ4v) is 4.77. The zero-order chi connectivity index (χ0) is 24.9. The van der Waals surface area contributed by atoms with Crippen LogP contribution in [-0.4, -0.2) is 79.4 Å². The highest BCUT2D eigenvalue weighted by atomic mass is 35.5. The molecule has 0 unspecified atom stereocenters. The van der Waals surface area contributed by atoms with Crippen LogP contribution in [0.1, 0.15) is 17.5 Å². The standard InChI is InChI=1S/C26H32ClN5O3/c1-18-3-8-22(19(2)15-18)29-24(33)16-23-26(35)28-9-10-32(23)25(34)17-30-11-13-31(14-12-30)21-6-4-20(27)5-7-21/h3-8,15,23H,9-14,16-17H2,1-2H3,(H,28,35)(H,29,33)/t23-/m1/s1. The first-order valence-electron chi connectivity index (χ1n) is 12.0. The number of nitrogens with one attached hydrogen (secondary N) is 2. The number of hydrogen-bond donors (Lipinski definition) is 2. The molecular formula is C26H32ClN5O3. The van der Waals surface area contributed by atoms with Crippen molar-refractivity contribution >= 4 is 40.7 Å². The molecule has 35 heavy (non-hydrogen) atoms. The van der Waals surface area contributed by atoms with E-state index in [2.05, 4.69) is 20.4 Å². The quantitative estimate of drug-likeness (QED) is 0.640. The third-order valence-electron chi connectivity index (χ3n) is 6.61. The number of anilines is 2. The zero-order valence-electron chi connectivity index (χ0n) is 20.2. The first-order chi connectivity index (χ1) is 16.8. The number of carbonyl (C=O) groups is 3. The van der Waals surface area contributed by atoms with E-state index in [-0.39, 0.29) is 30.7 Å². The third-order valence-corrected chi connectivity index (χ3v) is 6.86. The fraction of sp³-hybridized carbons (Fsp3) is 0.423. The van der Waals surface area contributed by atoms with E-state index >= 15 is 0 Å². The number of halogens is 1. The largest absolute Gasteiger partial charge is 0.369 e. The molecule has 2 aromatic carbocycles. The van der Waals surface area contributed by atoms with Gasteiger partial charge in [0, 0.05) is 55.7 Å². The number of piperazine rings is 2. The van der Waals surface area contributed by atoms with Crippen LogP contribution < -0.4 is 15.5 Å². The highest BCUT2D eigenvalue weighted by Gasteiger charge is 2.35. The van der Waals surface area contributed by atoms with Crippen LogP contribution in [0.2, 0.25) is 5.02 Å². The Morgan fingerprint density at radius 1 is 1.03 bits per heavy atom. The Balaban J connectivity index is 1.33. The second-order valence-corrected chi connectivity index (χ2v) is 9.64. The maximum atomic E-state index is 13.2. The second-order valence-electron chi connectivity index (χ2n) is 9.20. The van der Waals surface area contributed by atoms with Crippen molar-refractivity contribution in [1.29, 1.82) is 0 Å². The van der Waals surface area contributed by atoms with Gasteiger partial charge >= 0.3 is 0 Å². The Bertz CT molecular complexity index is 1080. The van der Waals surface area contributed by atoms with Crippen LogP contribution in [0.5, 0.6) is 0 Å². The second kappa shape index (κ2) is 11.1. The van der Waals surface area contributed by atoms with Gasteiger partial charge in [-0.25, -0.2) is 0 Å². The van der Waals surface area contributed by atoms with E-state index in [1.54, 1.807) is 4.90 Å². The minimum atomic E-state index is -0.808. The molecule has 2 heterocycles. The van der Waals surface area contributed by atoms with E-state index in [9.17, 15) is 14.4 Å². The van der Waals surface area contributed by atoms with Crippen molar-refractivity contribution in [2.45, 2.75) is 26.3 Å². The SMILES string of the molecule is Cc1ccc(NC(=O)C[C@@H]2C(=O)NCCN2C(=O)CN2CCN(c3ccc(Cl)cc3)CC2)c(C)c1.